The number of allylic oxidation sites excluding steroid dienone is 1. The van der Waals surface area contributed by atoms with E-state index in [9.17, 15) is 9.59 Å². The van der Waals surface area contributed by atoms with E-state index in [1.54, 1.807) is 0 Å². The summed E-state index contributed by atoms with van der Waals surface area (Å²) in [5.74, 6) is 2.76. The van der Waals surface area contributed by atoms with E-state index in [0.29, 0.717) is 43.1 Å². The normalized spacial score (nSPS) is 39.1. The van der Waals surface area contributed by atoms with Crippen LogP contribution in [0.1, 0.15) is 72.1 Å². The average molecular weight is 445 g/mol. The summed E-state index contributed by atoms with van der Waals surface area (Å²) in [4.78, 5) is 31.0. The quantitative estimate of drug-likeness (QED) is 0.251. The summed E-state index contributed by atoms with van der Waals surface area (Å²) in [6.07, 6.45) is 10.0. The first kappa shape index (κ1) is 23.5. The van der Waals surface area contributed by atoms with Gasteiger partial charge in [-0.3, -0.25) is 9.63 Å². The van der Waals surface area contributed by atoms with Crippen molar-refractivity contribution < 1.29 is 19.2 Å². The number of rotatable bonds is 5. The minimum Gasteiger partial charge on any atom is -0.431 e. The topological polar surface area (TPSA) is 68.2 Å². The monoisotopic (exact) mass is 444 g/mol. The highest BCUT2D eigenvalue weighted by Gasteiger charge is 2.59. The van der Waals surface area contributed by atoms with Crippen molar-refractivity contribution >= 4 is 17.7 Å². The molecule has 0 aromatic carbocycles. The Morgan fingerprint density at radius 2 is 1.91 bits per heavy atom. The van der Waals surface area contributed by atoms with Crippen molar-refractivity contribution in [2.45, 2.75) is 72.1 Å². The van der Waals surface area contributed by atoms with E-state index in [1.165, 1.54) is 31.3 Å². The maximum absolute atomic E-state index is 12.0. The third-order valence-corrected chi connectivity index (χ3v) is 9.49. The zero-order valence-electron chi connectivity index (χ0n) is 20.5. The fourth-order valence-corrected chi connectivity index (χ4v) is 7.76. The van der Waals surface area contributed by atoms with Crippen molar-refractivity contribution in [3.63, 3.8) is 0 Å². The summed E-state index contributed by atoms with van der Waals surface area (Å²) in [5, 5.41) is 4.21. The molecule has 0 bridgehead atoms. The SMILES string of the molecule is C/C(=N\OC(=O)OCCN(C)C)[C@H]1CC[C@H]2[C@@H]3CCC4=CC(=O)CC[C@]4(C)[C@H]3CC[C@]12C. The number of carbonyl (C=O) groups excluding carboxylic acids is 2. The molecule has 3 fully saturated rings. The second kappa shape index (κ2) is 8.92. The molecule has 6 nitrogen and oxygen atoms in total. The minimum atomic E-state index is -0.721. The van der Waals surface area contributed by atoms with Crippen LogP contribution < -0.4 is 0 Å². The van der Waals surface area contributed by atoms with E-state index in [4.69, 9.17) is 9.57 Å². The van der Waals surface area contributed by atoms with Crippen LogP contribution in [-0.2, 0) is 14.4 Å². The number of hydrogen-bond acceptors (Lipinski definition) is 6. The maximum Gasteiger partial charge on any atom is 0.535 e. The highest BCUT2D eigenvalue weighted by Crippen LogP contribution is 2.66. The molecule has 0 amide bonds. The molecule has 0 aromatic heterocycles. The third-order valence-electron chi connectivity index (χ3n) is 9.49. The molecule has 4 aliphatic carbocycles. The number of ether oxygens (including phenoxy) is 1. The fourth-order valence-electron chi connectivity index (χ4n) is 7.76. The van der Waals surface area contributed by atoms with Crippen molar-refractivity contribution in [2.75, 3.05) is 27.2 Å². The van der Waals surface area contributed by atoms with E-state index < -0.39 is 6.16 Å². The largest absolute Gasteiger partial charge is 0.535 e. The molecule has 6 atom stereocenters. The zero-order chi connectivity index (χ0) is 23.1. The van der Waals surface area contributed by atoms with Crippen molar-refractivity contribution in [2.24, 2.45) is 39.7 Å². The standard InChI is InChI=1S/C26H40N2O4/c1-17(27-32-24(30)31-15-14-28(4)5)21-8-9-22-20-7-6-18-16-19(29)10-12-25(18,2)23(20)11-13-26(21,22)3/h16,20-23H,6-15H2,1-5H3/b27-17+/t20-,21+,22-,23-,25-,26+/m0/s1. The molecule has 6 heteroatoms. The van der Waals surface area contributed by atoms with Crippen molar-refractivity contribution in [3.05, 3.63) is 11.6 Å². The minimum absolute atomic E-state index is 0.203. The zero-order valence-corrected chi connectivity index (χ0v) is 20.5. The number of ketones is 1. The lowest BCUT2D eigenvalue weighted by Gasteiger charge is -2.58. The van der Waals surface area contributed by atoms with Gasteiger partial charge in [-0.2, -0.15) is 0 Å². The number of fused-ring (bicyclic) bond motifs is 5. The van der Waals surface area contributed by atoms with Gasteiger partial charge in [-0.1, -0.05) is 24.6 Å². The highest BCUT2D eigenvalue weighted by atomic mass is 16.8. The van der Waals surface area contributed by atoms with E-state index in [-0.39, 0.29) is 10.8 Å². The summed E-state index contributed by atoms with van der Waals surface area (Å²) in [6.45, 7) is 7.84. The molecule has 0 spiro atoms. The number of oxime groups is 1. The lowest BCUT2D eigenvalue weighted by atomic mass is 9.46. The average Bonchev–Trinajstić information content (AvgIpc) is 3.09. The van der Waals surface area contributed by atoms with Crippen LogP contribution in [-0.4, -0.2) is 49.8 Å². The van der Waals surface area contributed by atoms with Crippen LogP contribution in [0.4, 0.5) is 4.79 Å². The van der Waals surface area contributed by atoms with Gasteiger partial charge in [0.1, 0.15) is 6.61 Å². The summed E-state index contributed by atoms with van der Waals surface area (Å²) in [5.41, 5.74) is 2.75. The molecule has 32 heavy (non-hydrogen) atoms. The highest BCUT2D eigenvalue weighted by molar-refractivity contribution is 5.91. The molecule has 4 rings (SSSR count). The Balaban J connectivity index is 1.43. The molecule has 0 saturated heterocycles. The molecule has 0 radical (unpaired) electrons. The van der Waals surface area contributed by atoms with Gasteiger partial charge in [-0.15, -0.1) is 0 Å². The Kier molecular flexibility index (Phi) is 6.54. The Labute approximate surface area is 192 Å². The smallest absolute Gasteiger partial charge is 0.431 e. The third kappa shape index (κ3) is 4.15. The number of likely N-dealkylation sites (N-methyl/N-ethyl adjacent to an activating group) is 1. The maximum atomic E-state index is 12.0. The van der Waals surface area contributed by atoms with Crippen molar-refractivity contribution in [1.29, 1.82) is 0 Å². The van der Waals surface area contributed by atoms with Crippen LogP contribution in [0.2, 0.25) is 0 Å². The summed E-state index contributed by atoms with van der Waals surface area (Å²) < 4.78 is 5.10. The van der Waals surface area contributed by atoms with Gasteiger partial charge >= 0.3 is 6.16 Å². The molecular formula is C26H40N2O4. The van der Waals surface area contributed by atoms with Crippen LogP contribution in [0.5, 0.6) is 0 Å². The van der Waals surface area contributed by atoms with E-state index in [0.717, 1.165) is 30.9 Å². The predicted octanol–water partition coefficient (Wildman–Crippen LogP) is 5.23. The summed E-state index contributed by atoms with van der Waals surface area (Å²) in [7, 11) is 3.86. The summed E-state index contributed by atoms with van der Waals surface area (Å²) >= 11 is 0. The molecular weight excluding hydrogens is 404 g/mol. The van der Waals surface area contributed by atoms with Gasteiger partial charge in [-0.25, -0.2) is 4.79 Å². The predicted molar refractivity (Wildman–Crippen MR) is 124 cm³/mol. The van der Waals surface area contributed by atoms with E-state index >= 15 is 0 Å². The molecule has 0 aliphatic heterocycles. The van der Waals surface area contributed by atoms with E-state index in [2.05, 4.69) is 19.0 Å². The van der Waals surface area contributed by atoms with E-state index in [1.807, 2.05) is 32.0 Å². The molecule has 0 N–H and O–H groups in total. The van der Waals surface area contributed by atoms with Crippen LogP contribution in [0.25, 0.3) is 0 Å². The van der Waals surface area contributed by atoms with Crippen LogP contribution in [0.15, 0.2) is 16.8 Å². The second-order valence-corrected chi connectivity index (χ2v) is 11.4. The molecule has 0 heterocycles. The first-order valence-corrected chi connectivity index (χ1v) is 12.4. The van der Waals surface area contributed by atoms with Gasteiger partial charge in [0.05, 0.1) is 5.71 Å². The van der Waals surface area contributed by atoms with Gasteiger partial charge in [0, 0.05) is 18.9 Å². The van der Waals surface area contributed by atoms with Crippen LogP contribution in [0, 0.1) is 34.5 Å². The number of nitrogens with zero attached hydrogens (tertiary/aromatic N) is 2. The Morgan fingerprint density at radius 3 is 2.66 bits per heavy atom. The van der Waals surface area contributed by atoms with Gasteiger partial charge in [0.2, 0.25) is 0 Å². The molecule has 4 aliphatic rings. The van der Waals surface area contributed by atoms with Gasteiger partial charge < -0.3 is 9.64 Å². The lowest BCUT2D eigenvalue weighted by Crippen LogP contribution is -2.51. The summed E-state index contributed by atoms with van der Waals surface area (Å²) in [6, 6.07) is 0. The van der Waals surface area contributed by atoms with Gasteiger partial charge in [0.25, 0.3) is 0 Å². The van der Waals surface area contributed by atoms with Crippen molar-refractivity contribution in [3.8, 4) is 0 Å². The molecule has 3 saturated carbocycles. The number of hydrogen-bond donors (Lipinski definition) is 0. The lowest BCUT2D eigenvalue weighted by molar-refractivity contribution is -0.117. The van der Waals surface area contributed by atoms with Crippen LogP contribution in [0.3, 0.4) is 0 Å². The van der Waals surface area contributed by atoms with Gasteiger partial charge in [-0.05, 0) is 101 Å². The fraction of sp³-hybridized carbons (Fsp3) is 0.808. The Bertz CT molecular complexity index is 819. The molecule has 178 valence electrons. The van der Waals surface area contributed by atoms with Crippen molar-refractivity contribution in [1.82, 2.24) is 4.90 Å². The second-order valence-electron chi connectivity index (χ2n) is 11.4. The first-order chi connectivity index (χ1) is 15.1. The molecule has 0 unspecified atom stereocenters. The molecule has 0 aromatic rings. The van der Waals surface area contributed by atoms with Crippen LogP contribution >= 0.6 is 0 Å². The Morgan fingerprint density at radius 1 is 1.12 bits per heavy atom. The number of carbonyl (C=O) groups is 2. The van der Waals surface area contributed by atoms with Gasteiger partial charge in [0.15, 0.2) is 5.78 Å². The Hall–Kier alpha value is -1.69. The first-order valence-electron chi connectivity index (χ1n) is 12.4.